The summed E-state index contributed by atoms with van der Waals surface area (Å²) in [7, 11) is 0. The third-order valence-corrected chi connectivity index (χ3v) is 4.07. The van der Waals surface area contributed by atoms with E-state index in [0.717, 1.165) is 29.9 Å². The molecule has 1 aliphatic rings. The monoisotopic (exact) mass is 352 g/mol. The zero-order valence-corrected chi connectivity index (χ0v) is 13.9. The Morgan fingerprint density at radius 2 is 1.96 bits per heavy atom. The first-order valence-corrected chi connectivity index (χ1v) is 8.36. The summed E-state index contributed by atoms with van der Waals surface area (Å²) in [6.07, 6.45) is 2.19. The molecule has 132 valence electrons. The van der Waals surface area contributed by atoms with Gasteiger partial charge in [0, 0.05) is 16.9 Å². The van der Waals surface area contributed by atoms with Gasteiger partial charge in [-0.25, -0.2) is 9.07 Å². The van der Waals surface area contributed by atoms with Crippen molar-refractivity contribution in [2.24, 2.45) is 0 Å². The van der Waals surface area contributed by atoms with Crippen LogP contribution in [0.2, 0.25) is 0 Å². The van der Waals surface area contributed by atoms with Gasteiger partial charge in [-0.1, -0.05) is 18.2 Å². The van der Waals surface area contributed by atoms with E-state index in [9.17, 15) is 9.18 Å². The lowest BCUT2D eigenvalue weighted by atomic mass is 10.2. The minimum atomic E-state index is -0.392. The Balaban J connectivity index is 1.41. The van der Waals surface area contributed by atoms with E-state index in [-0.39, 0.29) is 12.5 Å². The van der Waals surface area contributed by atoms with Crippen LogP contribution in [0.15, 0.2) is 48.5 Å². The minimum Gasteiger partial charge on any atom is -0.376 e. The summed E-state index contributed by atoms with van der Waals surface area (Å²) in [6.45, 7) is 0.0630. The van der Waals surface area contributed by atoms with Gasteiger partial charge in [-0.05, 0) is 53.6 Å². The lowest BCUT2D eigenvalue weighted by molar-refractivity contribution is -0.114. The Hall–Kier alpha value is -3.29. The van der Waals surface area contributed by atoms with Crippen LogP contribution in [0.25, 0.3) is 11.4 Å². The highest BCUT2D eigenvalue weighted by Gasteiger charge is 2.28. The van der Waals surface area contributed by atoms with Crippen molar-refractivity contribution in [1.82, 2.24) is 20.2 Å². The smallest absolute Gasteiger partial charge is 0.243 e. The van der Waals surface area contributed by atoms with Crippen LogP contribution < -0.4 is 10.6 Å². The molecule has 0 aliphatic heterocycles. The van der Waals surface area contributed by atoms with Crippen LogP contribution in [0.4, 0.5) is 15.8 Å². The molecule has 2 aromatic carbocycles. The molecule has 1 aromatic heterocycles. The number of halogens is 1. The topological polar surface area (TPSA) is 84.7 Å². The first kappa shape index (κ1) is 16.2. The fraction of sp³-hybridized carbons (Fsp3) is 0.222. The van der Waals surface area contributed by atoms with Crippen LogP contribution in [0.1, 0.15) is 18.9 Å². The number of nitrogens with zero attached hydrogens (tertiary/aromatic N) is 4. The molecule has 0 spiro atoms. The number of carbonyl (C=O) groups is 1. The number of anilines is 2. The maximum absolute atomic E-state index is 13.2. The fourth-order valence-electron chi connectivity index (χ4n) is 2.67. The zero-order valence-electron chi connectivity index (χ0n) is 13.9. The van der Waals surface area contributed by atoms with Crippen molar-refractivity contribution < 1.29 is 9.18 Å². The van der Waals surface area contributed by atoms with Crippen molar-refractivity contribution in [2.45, 2.75) is 18.9 Å². The van der Waals surface area contributed by atoms with Gasteiger partial charge in [-0.15, -0.1) is 5.10 Å². The molecule has 0 bridgehead atoms. The Morgan fingerprint density at radius 1 is 1.15 bits per heavy atom. The number of aromatic nitrogens is 4. The van der Waals surface area contributed by atoms with E-state index in [1.165, 1.54) is 12.1 Å². The molecule has 1 amide bonds. The molecule has 0 unspecified atom stereocenters. The number of tetrazole rings is 1. The van der Waals surface area contributed by atoms with Crippen LogP contribution in [0.3, 0.4) is 0 Å². The summed E-state index contributed by atoms with van der Waals surface area (Å²) < 4.78 is 15.0. The van der Waals surface area contributed by atoms with Crippen LogP contribution in [-0.4, -0.2) is 32.7 Å². The van der Waals surface area contributed by atoms with Gasteiger partial charge in [0.1, 0.15) is 5.82 Å². The predicted molar refractivity (Wildman–Crippen MR) is 95.0 cm³/mol. The van der Waals surface area contributed by atoms with Gasteiger partial charge in [-0.3, -0.25) is 4.79 Å². The Bertz CT molecular complexity index is 937. The number of amides is 1. The summed E-state index contributed by atoms with van der Waals surface area (Å²) in [5.74, 6) is 0.0704. The summed E-state index contributed by atoms with van der Waals surface area (Å²) in [5.41, 5.74) is 2.09. The largest absolute Gasteiger partial charge is 0.376 e. The van der Waals surface area contributed by atoms with Crippen LogP contribution in [-0.2, 0) is 4.79 Å². The van der Waals surface area contributed by atoms with Crippen molar-refractivity contribution in [3.05, 3.63) is 54.3 Å². The molecule has 26 heavy (non-hydrogen) atoms. The molecular formula is C18H17FN6O. The summed E-state index contributed by atoms with van der Waals surface area (Å²) >= 11 is 0. The van der Waals surface area contributed by atoms with Gasteiger partial charge in [0.25, 0.3) is 0 Å². The fourth-order valence-corrected chi connectivity index (χ4v) is 2.67. The molecule has 0 atom stereocenters. The highest BCUT2D eigenvalue weighted by atomic mass is 19.1. The molecule has 1 fully saturated rings. The summed E-state index contributed by atoms with van der Waals surface area (Å²) in [5, 5.41) is 17.6. The molecule has 1 aliphatic carbocycles. The third kappa shape index (κ3) is 3.69. The number of benzene rings is 2. The Morgan fingerprint density at radius 3 is 2.77 bits per heavy atom. The van der Waals surface area contributed by atoms with Gasteiger partial charge in [-0.2, -0.15) is 0 Å². The van der Waals surface area contributed by atoms with Crippen molar-refractivity contribution in [2.75, 3.05) is 17.2 Å². The molecule has 1 heterocycles. The van der Waals surface area contributed by atoms with Crippen molar-refractivity contribution in [3.8, 4) is 11.4 Å². The summed E-state index contributed by atoms with van der Waals surface area (Å²) in [4.78, 5) is 12.0. The van der Waals surface area contributed by atoms with E-state index >= 15 is 0 Å². The van der Waals surface area contributed by atoms with Crippen LogP contribution in [0.5, 0.6) is 0 Å². The molecule has 8 heteroatoms. The number of rotatable bonds is 6. The van der Waals surface area contributed by atoms with Gasteiger partial charge in [0.05, 0.1) is 12.6 Å². The third-order valence-electron chi connectivity index (χ3n) is 4.07. The number of hydrogen-bond acceptors (Lipinski definition) is 5. The van der Waals surface area contributed by atoms with Crippen molar-refractivity contribution in [1.29, 1.82) is 0 Å². The number of hydrogen-bond donors (Lipinski definition) is 2. The van der Waals surface area contributed by atoms with Gasteiger partial charge in [0.15, 0.2) is 5.82 Å². The molecule has 2 N–H and O–H groups in total. The standard InChI is InChI=1S/C18H17FN6O/c19-13-4-2-6-15(10-13)21-17(26)11-20-14-5-1-3-12(9-14)18-22-23-24-25(18)16-7-8-16/h1-6,9-10,16,20H,7-8,11H2,(H,21,26). The number of carbonyl (C=O) groups excluding carboxylic acids is 1. The Kier molecular flexibility index (Phi) is 4.30. The Labute approximate surface area is 149 Å². The maximum Gasteiger partial charge on any atom is 0.243 e. The average Bonchev–Trinajstić information content (AvgIpc) is 3.37. The lowest BCUT2D eigenvalue weighted by Gasteiger charge is -2.09. The molecular weight excluding hydrogens is 335 g/mol. The van der Waals surface area contributed by atoms with E-state index in [0.29, 0.717) is 11.7 Å². The van der Waals surface area contributed by atoms with E-state index < -0.39 is 5.82 Å². The molecule has 1 saturated carbocycles. The van der Waals surface area contributed by atoms with Gasteiger partial charge < -0.3 is 10.6 Å². The van der Waals surface area contributed by atoms with E-state index in [1.54, 1.807) is 12.1 Å². The maximum atomic E-state index is 13.2. The molecule has 7 nitrogen and oxygen atoms in total. The highest BCUT2D eigenvalue weighted by Crippen LogP contribution is 2.36. The zero-order chi connectivity index (χ0) is 17.9. The molecule has 0 radical (unpaired) electrons. The van der Waals surface area contributed by atoms with Crippen LogP contribution >= 0.6 is 0 Å². The van der Waals surface area contributed by atoms with E-state index in [4.69, 9.17) is 0 Å². The highest BCUT2D eigenvalue weighted by molar-refractivity contribution is 5.93. The lowest BCUT2D eigenvalue weighted by Crippen LogP contribution is -2.21. The first-order valence-electron chi connectivity index (χ1n) is 8.36. The van der Waals surface area contributed by atoms with E-state index in [2.05, 4.69) is 26.2 Å². The normalized spacial score (nSPS) is 13.4. The number of nitrogens with one attached hydrogen (secondary N) is 2. The molecule has 3 aromatic rings. The van der Waals surface area contributed by atoms with E-state index in [1.807, 2.05) is 28.9 Å². The van der Waals surface area contributed by atoms with Crippen LogP contribution in [0, 0.1) is 5.82 Å². The van der Waals surface area contributed by atoms with Crippen molar-refractivity contribution in [3.63, 3.8) is 0 Å². The first-order chi connectivity index (χ1) is 12.7. The van der Waals surface area contributed by atoms with Crippen molar-refractivity contribution >= 4 is 17.3 Å². The second-order valence-electron chi connectivity index (χ2n) is 6.17. The quantitative estimate of drug-likeness (QED) is 0.713. The average molecular weight is 352 g/mol. The van der Waals surface area contributed by atoms with Gasteiger partial charge >= 0.3 is 0 Å². The SMILES string of the molecule is O=C(CNc1cccc(-c2nnnn2C2CC2)c1)Nc1cccc(F)c1. The summed E-state index contributed by atoms with van der Waals surface area (Å²) in [6, 6.07) is 13.8. The minimum absolute atomic E-state index is 0.0630. The second-order valence-corrected chi connectivity index (χ2v) is 6.17. The molecule has 0 saturated heterocycles. The van der Waals surface area contributed by atoms with Gasteiger partial charge in [0.2, 0.25) is 5.91 Å². The second kappa shape index (κ2) is 6.91. The molecule has 4 rings (SSSR count). The predicted octanol–water partition coefficient (Wildman–Crippen LogP) is 2.86.